The van der Waals surface area contributed by atoms with Crippen LogP contribution in [0.5, 0.6) is 0 Å². The van der Waals surface area contributed by atoms with E-state index in [1.807, 2.05) is 48.8 Å². The van der Waals surface area contributed by atoms with Crippen LogP contribution in [-0.2, 0) is 20.7 Å². The van der Waals surface area contributed by atoms with Crippen LogP contribution in [0, 0.1) is 0 Å². The highest BCUT2D eigenvalue weighted by Gasteiger charge is 2.62. The SMILES string of the molecule is CCN(CC)C(C(=O)N1CCC2c3cnc([nH]3)[C@@]21c1ccc(-c2ccc([C@]34c5ncc([nH]5)C3CCN4C(=O)[C@@H](c3ccccc3)N(CC)CC)cc2)cc1)c1ccccc1. The Morgan fingerprint density at radius 2 is 0.950 bits per heavy atom. The first kappa shape index (κ1) is 38.4. The summed E-state index contributed by atoms with van der Waals surface area (Å²) in [6.07, 6.45) is 5.63. The van der Waals surface area contributed by atoms with E-state index in [1.165, 1.54) is 0 Å². The quantitative estimate of drug-likeness (QED) is 0.122. The average molecular weight is 799 g/mol. The molecule has 4 bridgehead atoms. The predicted octanol–water partition coefficient (Wildman–Crippen LogP) is 8.11. The molecule has 6 aromatic rings. The van der Waals surface area contributed by atoms with Gasteiger partial charge in [-0.3, -0.25) is 19.4 Å². The van der Waals surface area contributed by atoms with Crippen molar-refractivity contribution in [2.45, 2.75) is 75.5 Å². The van der Waals surface area contributed by atoms with Gasteiger partial charge in [-0.25, -0.2) is 9.97 Å². The number of imidazole rings is 2. The summed E-state index contributed by atoms with van der Waals surface area (Å²) < 4.78 is 0. The van der Waals surface area contributed by atoms with Gasteiger partial charge in [0.2, 0.25) is 11.8 Å². The van der Waals surface area contributed by atoms with Crippen molar-refractivity contribution in [3.05, 3.63) is 167 Å². The number of nitrogens with one attached hydrogen (secondary N) is 2. The molecule has 2 saturated heterocycles. The number of hydrogen-bond donors (Lipinski definition) is 2. The summed E-state index contributed by atoms with van der Waals surface area (Å²) in [5.41, 5.74) is 7.15. The summed E-state index contributed by atoms with van der Waals surface area (Å²) in [5.74, 6) is 2.15. The maximum atomic E-state index is 15.0. The Morgan fingerprint density at radius 1 is 0.583 bits per heavy atom. The first-order valence-corrected chi connectivity index (χ1v) is 21.9. The molecule has 0 aliphatic carbocycles. The minimum Gasteiger partial charge on any atom is -0.343 e. The Kier molecular flexibility index (Phi) is 9.60. The van der Waals surface area contributed by atoms with Crippen LogP contribution in [0.2, 0.25) is 0 Å². The van der Waals surface area contributed by atoms with Crippen molar-refractivity contribution in [3.8, 4) is 11.1 Å². The van der Waals surface area contributed by atoms with E-state index in [1.54, 1.807) is 0 Å². The standard InChI is InChI=1S/C50H54N8O2/c1-5-55(6-2)43(35-15-11-9-12-16-35)45(59)57-29-27-39-41-31-51-47(53-41)49(39,57)37-23-19-33(20-24-37)34-21-25-38(26-22-34)50-40(42-32-52-48(50)54-42)28-30-58(50)46(60)44(56(7-3)8-4)36-17-13-10-14-18-36/h9-26,31-32,39-40,43-44H,5-8,27-30H2,1-4H3,(H,51,53)(H,52,54)/t39?,40?,43-,44?,49-,50-/m1/s1. The molecule has 10 rings (SSSR count). The third kappa shape index (κ3) is 5.46. The van der Waals surface area contributed by atoms with Crippen molar-refractivity contribution in [1.29, 1.82) is 0 Å². The minimum absolute atomic E-state index is 0.115. The van der Waals surface area contributed by atoms with Crippen molar-refractivity contribution in [3.63, 3.8) is 0 Å². The van der Waals surface area contributed by atoms with E-state index >= 15 is 9.59 Å². The summed E-state index contributed by atoms with van der Waals surface area (Å²) in [6, 6.07) is 37.2. The highest BCUT2D eigenvalue weighted by Crippen LogP contribution is 2.58. The Bertz CT molecular complexity index is 2320. The Hall–Kier alpha value is -5.84. The van der Waals surface area contributed by atoms with Gasteiger partial charge in [-0.15, -0.1) is 0 Å². The van der Waals surface area contributed by atoms with Gasteiger partial charge in [-0.05, 0) is 72.4 Å². The van der Waals surface area contributed by atoms with Gasteiger partial charge in [0.15, 0.2) is 0 Å². The number of carbonyl (C=O) groups is 2. The summed E-state index contributed by atoms with van der Waals surface area (Å²) in [5, 5.41) is 0. The summed E-state index contributed by atoms with van der Waals surface area (Å²) in [7, 11) is 0. The molecular weight excluding hydrogens is 745 g/mol. The van der Waals surface area contributed by atoms with Gasteiger partial charge in [0.05, 0.1) is 0 Å². The Morgan fingerprint density at radius 3 is 1.30 bits per heavy atom. The highest BCUT2D eigenvalue weighted by molar-refractivity contribution is 5.87. The third-order valence-electron chi connectivity index (χ3n) is 14.4. The molecule has 0 saturated carbocycles. The van der Waals surface area contributed by atoms with Gasteiger partial charge in [-0.1, -0.05) is 137 Å². The maximum Gasteiger partial charge on any atom is 0.245 e. The van der Waals surface area contributed by atoms with E-state index in [0.717, 1.165) is 95.4 Å². The largest absolute Gasteiger partial charge is 0.343 e. The molecule has 4 aliphatic heterocycles. The number of likely N-dealkylation sites (N-methyl/N-ethyl adjacent to an activating group) is 2. The third-order valence-corrected chi connectivity index (χ3v) is 14.4. The molecule has 2 N–H and O–H groups in total. The molecule has 0 radical (unpaired) electrons. The van der Waals surface area contributed by atoms with Crippen LogP contribution in [0.3, 0.4) is 0 Å². The fourth-order valence-corrected chi connectivity index (χ4v) is 11.6. The Labute approximate surface area is 352 Å². The monoisotopic (exact) mass is 798 g/mol. The van der Waals surface area contributed by atoms with E-state index in [9.17, 15) is 0 Å². The minimum atomic E-state index is -0.691. The summed E-state index contributed by atoms with van der Waals surface area (Å²) in [6.45, 7) is 12.9. The number of likely N-dealkylation sites (tertiary alicyclic amines) is 2. The first-order chi connectivity index (χ1) is 29.4. The topological polar surface area (TPSA) is 104 Å². The fraction of sp³-hybridized carbons (Fsp3) is 0.360. The Balaban J connectivity index is 0.982. The first-order valence-electron chi connectivity index (χ1n) is 21.9. The molecule has 10 heteroatoms. The molecule has 60 heavy (non-hydrogen) atoms. The number of rotatable bonds is 13. The number of amides is 2. The lowest BCUT2D eigenvalue weighted by molar-refractivity contribution is -0.141. The second-order valence-electron chi connectivity index (χ2n) is 16.8. The number of nitrogens with zero attached hydrogens (tertiary/aromatic N) is 6. The average Bonchev–Trinajstić information content (AvgIpc) is 4.17. The zero-order valence-electron chi connectivity index (χ0n) is 35.0. The van der Waals surface area contributed by atoms with Gasteiger partial charge in [-0.2, -0.15) is 0 Å². The van der Waals surface area contributed by atoms with E-state index < -0.39 is 11.1 Å². The van der Waals surface area contributed by atoms with Gasteiger partial charge >= 0.3 is 0 Å². The maximum absolute atomic E-state index is 15.0. The zero-order valence-corrected chi connectivity index (χ0v) is 35.0. The van der Waals surface area contributed by atoms with E-state index in [-0.39, 0.29) is 35.7 Å². The molecule has 2 amide bonds. The zero-order chi connectivity index (χ0) is 41.2. The number of aromatic nitrogens is 4. The van der Waals surface area contributed by atoms with Crippen LogP contribution in [0.4, 0.5) is 0 Å². The molecule has 10 nitrogen and oxygen atoms in total. The lowest BCUT2D eigenvalue weighted by atomic mass is 9.76. The molecule has 4 aromatic carbocycles. The molecule has 306 valence electrons. The van der Waals surface area contributed by atoms with Crippen molar-refractivity contribution in [1.82, 2.24) is 39.5 Å². The van der Waals surface area contributed by atoms with Crippen LogP contribution in [0.15, 0.2) is 122 Å². The second kappa shape index (κ2) is 15.0. The van der Waals surface area contributed by atoms with Crippen LogP contribution >= 0.6 is 0 Å². The number of H-pyrrole nitrogens is 2. The van der Waals surface area contributed by atoms with Crippen molar-refractivity contribution in [2.24, 2.45) is 0 Å². The molecule has 4 aliphatic rings. The van der Waals surface area contributed by atoms with Crippen molar-refractivity contribution < 1.29 is 9.59 Å². The van der Waals surface area contributed by atoms with Crippen LogP contribution in [0.1, 0.15) is 110 Å². The second-order valence-corrected chi connectivity index (χ2v) is 16.8. The highest BCUT2D eigenvalue weighted by atomic mass is 16.2. The lowest BCUT2D eigenvalue weighted by Gasteiger charge is -2.42. The molecule has 3 unspecified atom stereocenters. The molecule has 6 heterocycles. The molecule has 2 fully saturated rings. The van der Waals surface area contributed by atoms with Crippen LogP contribution in [0.25, 0.3) is 11.1 Å². The fourth-order valence-electron chi connectivity index (χ4n) is 11.6. The van der Waals surface area contributed by atoms with Crippen molar-refractivity contribution in [2.75, 3.05) is 39.3 Å². The van der Waals surface area contributed by atoms with E-state index in [4.69, 9.17) is 9.97 Å². The smallest absolute Gasteiger partial charge is 0.245 e. The molecular formula is C50H54N8O2. The van der Waals surface area contributed by atoms with Gasteiger partial charge < -0.3 is 19.8 Å². The lowest BCUT2D eigenvalue weighted by Crippen LogP contribution is -2.52. The van der Waals surface area contributed by atoms with E-state index in [0.29, 0.717) is 13.1 Å². The van der Waals surface area contributed by atoms with Crippen molar-refractivity contribution >= 4 is 11.8 Å². The normalized spacial score (nSPS) is 23.4. The number of fused-ring (bicyclic) bond motifs is 10. The molecule has 2 aromatic heterocycles. The molecule has 6 atom stereocenters. The number of benzene rings is 4. The van der Waals surface area contributed by atoms with Gasteiger partial charge in [0.1, 0.15) is 34.8 Å². The van der Waals surface area contributed by atoms with Gasteiger partial charge in [0, 0.05) is 48.7 Å². The van der Waals surface area contributed by atoms with Gasteiger partial charge in [0.25, 0.3) is 0 Å². The number of aromatic amines is 2. The van der Waals surface area contributed by atoms with E-state index in [2.05, 4.69) is 130 Å². The van der Waals surface area contributed by atoms with Crippen LogP contribution in [-0.4, -0.2) is 90.6 Å². The summed E-state index contributed by atoms with van der Waals surface area (Å²) >= 11 is 0. The number of hydrogen-bond acceptors (Lipinski definition) is 6. The number of carbonyl (C=O) groups excluding carboxylic acids is 2. The van der Waals surface area contributed by atoms with Crippen LogP contribution < -0.4 is 0 Å². The predicted molar refractivity (Wildman–Crippen MR) is 233 cm³/mol. The summed E-state index contributed by atoms with van der Waals surface area (Å²) in [4.78, 5) is 55.8. The molecule has 0 spiro atoms.